The second-order valence-electron chi connectivity index (χ2n) is 7.06. The first-order valence-electron chi connectivity index (χ1n) is 10.0. The van der Waals surface area contributed by atoms with E-state index in [9.17, 15) is 4.79 Å². The van der Waals surface area contributed by atoms with Crippen LogP contribution in [0.4, 0.5) is 5.69 Å². The summed E-state index contributed by atoms with van der Waals surface area (Å²) in [6.45, 7) is 1.57. The Morgan fingerprint density at radius 2 is 1.89 bits per heavy atom. The number of hydrogen-bond donors (Lipinski definition) is 2. The molecule has 4 nitrogen and oxygen atoms in total. The molecule has 0 saturated carbocycles. The van der Waals surface area contributed by atoms with Gasteiger partial charge in [0.1, 0.15) is 5.69 Å². The molecule has 1 heterocycles. The van der Waals surface area contributed by atoms with Crippen molar-refractivity contribution in [1.29, 1.82) is 0 Å². The average Bonchev–Trinajstić information content (AvgIpc) is 2.73. The predicted octanol–water partition coefficient (Wildman–Crippen LogP) is 4.75. The Bertz CT molecular complexity index is 738. The maximum Gasteiger partial charge on any atom is 0.269 e. The molecule has 2 aromatic rings. The predicted molar refractivity (Wildman–Crippen MR) is 111 cm³/mol. The van der Waals surface area contributed by atoms with E-state index in [1.807, 2.05) is 24.3 Å². The number of allylic oxidation sites excluding steroid dienone is 1. The zero-order valence-corrected chi connectivity index (χ0v) is 15.9. The SMILES string of the molecule is O=C(NCCCc1ccccc1)c1ccc(NCCC2=CCCCC2)cn1. The van der Waals surface area contributed by atoms with Crippen molar-refractivity contribution in [3.8, 4) is 0 Å². The first-order chi connectivity index (χ1) is 13.3. The van der Waals surface area contributed by atoms with Crippen LogP contribution in [0.2, 0.25) is 0 Å². The molecule has 1 aromatic heterocycles. The van der Waals surface area contributed by atoms with Crippen LogP contribution in [0.5, 0.6) is 0 Å². The second kappa shape index (κ2) is 10.5. The summed E-state index contributed by atoms with van der Waals surface area (Å²) < 4.78 is 0. The largest absolute Gasteiger partial charge is 0.383 e. The van der Waals surface area contributed by atoms with Gasteiger partial charge in [-0.25, -0.2) is 4.98 Å². The number of amides is 1. The minimum Gasteiger partial charge on any atom is -0.383 e. The smallest absolute Gasteiger partial charge is 0.269 e. The fourth-order valence-corrected chi connectivity index (χ4v) is 3.36. The van der Waals surface area contributed by atoms with E-state index in [4.69, 9.17) is 0 Å². The Labute approximate surface area is 162 Å². The number of carbonyl (C=O) groups is 1. The van der Waals surface area contributed by atoms with Gasteiger partial charge in [-0.2, -0.15) is 0 Å². The highest BCUT2D eigenvalue weighted by atomic mass is 16.1. The fraction of sp³-hybridized carbons (Fsp3) is 0.391. The van der Waals surface area contributed by atoms with Gasteiger partial charge in [-0.15, -0.1) is 0 Å². The number of rotatable bonds is 9. The molecule has 142 valence electrons. The molecule has 1 aliphatic rings. The van der Waals surface area contributed by atoms with Crippen molar-refractivity contribution in [3.05, 3.63) is 71.6 Å². The van der Waals surface area contributed by atoms with Crippen molar-refractivity contribution in [2.45, 2.75) is 44.9 Å². The van der Waals surface area contributed by atoms with E-state index in [-0.39, 0.29) is 5.91 Å². The van der Waals surface area contributed by atoms with Gasteiger partial charge in [0, 0.05) is 13.1 Å². The molecule has 1 aliphatic carbocycles. The van der Waals surface area contributed by atoms with Crippen LogP contribution in [0.15, 0.2) is 60.3 Å². The first-order valence-corrected chi connectivity index (χ1v) is 10.0. The van der Waals surface area contributed by atoms with E-state index < -0.39 is 0 Å². The van der Waals surface area contributed by atoms with Crippen LogP contribution >= 0.6 is 0 Å². The zero-order chi connectivity index (χ0) is 18.7. The summed E-state index contributed by atoms with van der Waals surface area (Å²) in [6.07, 6.45) is 12.2. The molecule has 0 saturated heterocycles. The average molecular weight is 364 g/mol. The highest BCUT2D eigenvalue weighted by Gasteiger charge is 2.07. The number of benzene rings is 1. The Hall–Kier alpha value is -2.62. The van der Waals surface area contributed by atoms with Crippen molar-refractivity contribution in [2.75, 3.05) is 18.4 Å². The summed E-state index contributed by atoms with van der Waals surface area (Å²) >= 11 is 0. The van der Waals surface area contributed by atoms with Crippen molar-refractivity contribution >= 4 is 11.6 Å². The van der Waals surface area contributed by atoms with E-state index in [2.05, 4.69) is 33.8 Å². The lowest BCUT2D eigenvalue weighted by atomic mass is 9.97. The van der Waals surface area contributed by atoms with E-state index in [0.717, 1.165) is 31.5 Å². The standard InChI is InChI=1S/C23H29N3O/c27-23(25-16-7-12-19-8-3-1-4-9-19)22-14-13-21(18-26-22)24-17-15-20-10-5-2-6-11-20/h1,3-4,8-10,13-14,18,24H,2,5-7,11-12,15-17H2,(H,25,27). The summed E-state index contributed by atoms with van der Waals surface area (Å²) in [7, 11) is 0. The third-order valence-corrected chi connectivity index (χ3v) is 4.93. The molecule has 0 unspecified atom stereocenters. The highest BCUT2D eigenvalue weighted by Crippen LogP contribution is 2.20. The molecule has 0 aliphatic heterocycles. The molecular weight excluding hydrogens is 334 g/mol. The summed E-state index contributed by atoms with van der Waals surface area (Å²) in [5.74, 6) is -0.109. The normalized spacial score (nSPS) is 13.7. The maximum atomic E-state index is 12.2. The third-order valence-electron chi connectivity index (χ3n) is 4.93. The summed E-state index contributed by atoms with van der Waals surface area (Å²) in [5, 5.41) is 6.34. The molecule has 1 amide bonds. The monoisotopic (exact) mass is 363 g/mol. The van der Waals surface area contributed by atoms with Gasteiger partial charge < -0.3 is 10.6 Å². The highest BCUT2D eigenvalue weighted by molar-refractivity contribution is 5.92. The molecule has 27 heavy (non-hydrogen) atoms. The lowest BCUT2D eigenvalue weighted by Gasteiger charge is -2.13. The Morgan fingerprint density at radius 1 is 1.00 bits per heavy atom. The van der Waals surface area contributed by atoms with Crippen LogP contribution in [0.3, 0.4) is 0 Å². The number of pyridine rings is 1. The first kappa shape index (κ1) is 19.2. The molecule has 2 N–H and O–H groups in total. The Morgan fingerprint density at radius 3 is 2.63 bits per heavy atom. The molecule has 0 atom stereocenters. The van der Waals surface area contributed by atoms with Gasteiger partial charge in [-0.3, -0.25) is 4.79 Å². The van der Waals surface area contributed by atoms with E-state index in [0.29, 0.717) is 12.2 Å². The van der Waals surface area contributed by atoms with Crippen molar-refractivity contribution < 1.29 is 4.79 Å². The fourth-order valence-electron chi connectivity index (χ4n) is 3.36. The number of aromatic nitrogens is 1. The van der Waals surface area contributed by atoms with Crippen molar-refractivity contribution in [1.82, 2.24) is 10.3 Å². The van der Waals surface area contributed by atoms with Gasteiger partial charge in [0.15, 0.2) is 0 Å². The summed E-state index contributed by atoms with van der Waals surface area (Å²) in [4.78, 5) is 16.5. The lowest BCUT2D eigenvalue weighted by Crippen LogP contribution is -2.25. The van der Waals surface area contributed by atoms with Crippen molar-refractivity contribution in [2.24, 2.45) is 0 Å². The van der Waals surface area contributed by atoms with Crippen LogP contribution < -0.4 is 10.6 Å². The topological polar surface area (TPSA) is 54.0 Å². The molecule has 0 spiro atoms. The number of aryl methyl sites for hydroxylation is 1. The minimum atomic E-state index is -0.109. The Kier molecular flexibility index (Phi) is 7.45. The molecule has 1 aromatic carbocycles. The van der Waals surface area contributed by atoms with Gasteiger partial charge in [0.2, 0.25) is 0 Å². The summed E-state index contributed by atoms with van der Waals surface area (Å²) in [6, 6.07) is 14.0. The number of nitrogens with one attached hydrogen (secondary N) is 2. The molecule has 0 bridgehead atoms. The van der Waals surface area contributed by atoms with Crippen LogP contribution in [-0.2, 0) is 6.42 Å². The molecular formula is C23H29N3O. The van der Waals surface area contributed by atoms with Crippen LogP contribution in [0, 0.1) is 0 Å². The number of carbonyl (C=O) groups excluding carboxylic acids is 1. The number of anilines is 1. The maximum absolute atomic E-state index is 12.2. The second-order valence-corrected chi connectivity index (χ2v) is 7.06. The molecule has 0 fully saturated rings. The van der Waals surface area contributed by atoms with Crippen LogP contribution in [-0.4, -0.2) is 24.0 Å². The van der Waals surface area contributed by atoms with E-state index in [1.54, 1.807) is 17.8 Å². The Balaban J connectivity index is 1.36. The third kappa shape index (κ3) is 6.55. The van der Waals surface area contributed by atoms with Gasteiger partial charge in [0.25, 0.3) is 5.91 Å². The van der Waals surface area contributed by atoms with E-state index in [1.165, 1.54) is 31.2 Å². The van der Waals surface area contributed by atoms with Gasteiger partial charge >= 0.3 is 0 Å². The quantitative estimate of drug-likeness (QED) is 0.499. The van der Waals surface area contributed by atoms with Gasteiger partial charge in [-0.05, 0) is 62.6 Å². The number of hydrogen-bond acceptors (Lipinski definition) is 3. The zero-order valence-electron chi connectivity index (χ0n) is 15.9. The molecule has 4 heteroatoms. The summed E-state index contributed by atoms with van der Waals surface area (Å²) in [5.41, 5.74) is 4.29. The minimum absolute atomic E-state index is 0.109. The number of nitrogens with zero attached hydrogens (tertiary/aromatic N) is 1. The molecule has 0 radical (unpaired) electrons. The van der Waals surface area contributed by atoms with Crippen molar-refractivity contribution in [3.63, 3.8) is 0 Å². The van der Waals surface area contributed by atoms with Crippen LogP contribution in [0.25, 0.3) is 0 Å². The molecule has 3 rings (SSSR count). The van der Waals surface area contributed by atoms with E-state index >= 15 is 0 Å². The van der Waals surface area contributed by atoms with Gasteiger partial charge in [0.05, 0.1) is 11.9 Å². The van der Waals surface area contributed by atoms with Crippen LogP contribution in [0.1, 0.15) is 54.6 Å². The van der Waals surface area contributed by atoms with Gasteiger partial charge in [-0.1, -0.05) is 42.0 Å². The lowest BCUT2D eigenvalue weighted by molar-refractivity contribution is 0.0948.